The van der Waals surface area contributed by atoms with Gasteiger partial charge in [0.1, 0.15) is 24.1 Å². The number of methoxy groups -OCH3 is 1. The van der Waals surface area contributed by atoms with E-state index in [1.54, 1.807) is 31.2 Å². The third-order valence-corrected chi connectivity index (χ3v) is 5.18. The highest BCUT2D eigenvalue weighted by atomic mass is 35.5. The summed E-state index contributed by atoms with van der Waals surface area (Å²) in [4.78, 5) is 24.2. The zero-order valence-electron chi connectivity index (χ0n) is 19.5. The van der Waals surface area contributed by atoms with Crippen LogP contribution in [0.25, 0.3) is 6.08 Å². The molecule has 3 rings (SSSR count). The molecule has 0 saturated heterocycles. The molecule has 9 heteroatoms. The smallest absolute Gasteiger partial charge is 0.337 e. The standard InChI is InChI=1S/C27H22ClFN2O5/c1-3-35-24-14-17(13-22(28)25(24)36-16-19-6-4-5-7-23(19)29)12-20(15-30)26(32)31-21-10-8-18(9-11-21)27(33)34-2/h4-14H,3,16H2,1-2H3,(H,31,32)/b20-12+. The maximum absolute atomic E-state index is 14.0. The fourth-order valence-electron chi connectivity index (χ4n) is 3.16. The van der Waals surface area contributed by atoms with Crippen molar-refractivity contribution in [3.8, 4) is 17.6 Å². The van der Waals surface area contributed by atoms with E-state index in [2.05, 4.69) is 10.1 Å². The van der Waals surface area contributed by atoms with Crippen LogP contribution in [0.3, 0.4) is 0 Å². The number of nitrogens with zero attached hydrogens (tertiary/aromatic N) is 1. The average Bonchev–Trinajstić information content (AvgIpc) is 2.87. The van der Waals surface area contributed by atoms with E-state index in [4.69, 9.17) is 21.1 Å². The van der Waals surface area contributed by atoms with Crippen LogP contribution < -0.4 is 14.8 Å². The van der Waals surface area contributed by atoms with Gasteiger partial charge in [-0.15, -0.1) is 0 Å². The van der Waals surface area contributed by atoms with Gasteiger partial charge in [0.25, 0.3) is 5.91 Å². The van der Waals surface area contributed by atoms with Crippen LogP contribution in [0.5, 0.6) is 11.5 Å². The van der Waals surface area contributed by atoms with Gasteiger partial charge in [-0.1, -0.05) is 29.8 Å². The maximum atomic E-state index is 14.0. The molecule has 0 fully saturated rings. The quantitative estimate of drug-likeness (QED) is 0.223. The van der Waals surface area contributed by atoms with Crippen LogP contribution in [-0.4, -0.2) is 25.6 Å². The molecule has 0 aromatic heterocycles. The topological polar surface area (TPSA) is 97.7 Å². The predicted octanol–water partition coefficient (Wildman–Crippen LogP) is 5.79. The number of carbonyl (C=O) groups excluding carboxylic acids is 2. The first kappa shape index (κ1) is 26.3. The molecule has 0 bridgehead atoms. The molecule has 0 atom stereocenters. The van der Waals surface area contributed by atoms with Gasteiger partial charge in [0.2, 0.25) is 0 Å². The lowest BCUT2D eigenvalue weighted by atomic mass is 10.1. The molecule has 7 nitrogen and oxygen atoms in total. The van der Waals surface area contributed by atoms with Gasteiger partial charge in [-0.2, -0.15) is 5.26 Å². The van der Waals surface area contributed by atoms with Crippen molar-refractivity contribution in [2.24, 2.45) is 0 Å². The van der Waals surface area contributed by atoms with Crippen LogP contribution in [0.4, 0.5) is 10.1 Å². The van der Waals surface area contributed by atoms with Gasteiger partial charge in [0.15, 0.2) is 11.5 Å². The first-order chi connectivity index (χ1) is 17.4. The van der Waals surface area contributed by atoms with Crippen molar-refractivity contribution in [2.75, 3.05) is 19.0 Å². The van der Waals surface area contributed by atoms with Gasteiger partial charge in [0, 0.05) is 11.3 Å². The molecule has 0 aliphatic carbocycles. The third-order valence-electron chi connectivity index (χ3n) is 4.90. The Hall–Kier alpha value is -4.35. The zero-order valence-corrected chi connectivity index (χ0v) is 20.3. The molecule has 0 radical (unpaired) electrons. The molecule has 1 N–H and O–H groups in total. The van der Waals surface area contributed by atoms with Crippen LogP contribution in [0, 0.1) is 17.1 Å². The lowest BCUT2D eigenvalue weighted by Crippen LogP contribution is -2.13. The Labute approximate surface area is 212 Å². The number of ether oxygens (including phenoxy) is 3. The SMILES string of the molecule is CCOc1cc(/C=C(\C#N)C(=O)Nc2ccc(C(=O)OC)cc2)cc(Cl)c1OCc1ccccc1F. The minimum absolute atomic E-state index is 0.0672. The summed E-state index contributed by atoms with van der Waals surface area (Å²) in [6.07, 6.45) is 1.35. The second-order valence-corrected chi connectivity index (χ2v) is 7.74. The second-order valence-electron chi connectivity index (χ2n) is 7.34. The van der Waals surface area contributed by atoms with E-state index >= 15 is 0 Å². The Kier molecular flexibility index (Phi) is 9.03. The summed E-state index contributed by atoms with van der Waals surface area (Å²) >= 11 is 6.42. The molecule has 184 valence electrons. The molecule has 1 amide bonds. The number of rotatable bonds is 9. The number of nitrogens with one attached hydrogen (secondary N) is 1. The molecular weight excluding hydrogens is 487 g/mol. The minimum atomic E-state index is -0.655. The summed E-state index contributed by atoms with van der Waals surface area (Å²) in [5, 5.41) is 12.3. The van der Waals surface area contributed by atoms with Gasteiger partial charge in [-0.25, -0.2) is 9.18 Å². The molecule has 3 aromatic carbocycles. The lowest BCUT2D eigenvalue weighted by molar-refractivity contribution is -0.112. The first-order valence-electron chi connectivity index (χ1n) is 10.8. The van der Waals surface area contributed by atoms with E-state index in [1.165, 1.54) is 49.6 Å². The van der Waals surface area contributed by atoms with E-state index in [9.17, 15) is 19.2 Å². The molecule has 36 heavy (non-hydrogen) atoms. The Morgan fingerprint density at radius 3 is 2.47 bits per heavy atom. The van der Waals surface area contributed by atoms with Crippen molar-refractivity contribution in [3.05, 3.63) is 93.8 Å². The monoisotopic (exact) mass is 508 g/mol. The van der Waals surface area contributed by atoms with Gasteiger partial charge in [-0.05, 0) is 61.0 Å². The van der Waals surface area contributed by atoms with E-state index < -0.39 is 17.7 Å². The maximum Gasteiger partial charge on any atom is 0.337 e. The summed E-state index contributed by atoms with van der Waals surface area (Å²) in [6, 6.07) is 17.2. The van der Waals surface area contributed by atoms with Crippen molar-refractivity contribution in [1.29, 1.82) is 5.26 Å². The number of hydrogen-bond acceptors (Lipinski definition) is 6. The highest BCUT2D eigenvalue weighted by molar-refractivity contribution is 6.32. The van der Waals surface area contributed by atoms with Crippen LogP contribution in [0.1, 0.15) is 28.4 Å². The van der Waals surface area contributed by atoms with Crippen molar-refractivity contribution in [1.82, 2.24) is 0 Å². The third kappa shape index (κ3) is 6.62. The number of benzene rings is 3. The molecule has 0 heterocycles. The van der Waals surface area contributed by atoms with Crippen molar-refractivity contribution in [3.63, 3.8) is 0 Å². The summed E-state index contributed by atoms with van der Waals surface area (Å²) < 4.78 is 30.0. The summed E-state index contributed by atoms with van der Waals surface area (Å²) in [5.74, 6) is -1.07. The minimum Gasteiger partial charge on any atom is -0.490 e. The Bertz CT molecular complexity index is 1330. The fraction of sp³-hybridized carbons (Fsp3) is 0.148. The fourth-order valence-corrected chi connectivity index (χ4v) is 3.43. The van der Waals surface area contributed by atoms with Gasteiger partial charge in [-0.3, -0.25) is 4.79 Å². The van der Waals surface area contributed by atoms with Gasteiger partial charge in [0.05, 0.1) is 24.3 Å². The van der Waals surface area contributed by atoms with Crippen molar-refractivity contribution < 1.29 is 28.2 Å². The number of amides is 1. The second kappa shape index (κ2) is 12.4. The Balaban J connectivity index is 1.82. The van der Waals surface area contributed by atoms with E-state index in [-0.39, 0.29) is 28.7 Å². The van der Waals surface area contributed by atoms with Crippen LogP contribution >= 0.6 is 11.6 Å². The van der Waals surface area contributed by atoms with Crippen molar-refractivity contribution in [2.45, 2.75) is 13.5 Å². The number of esters is 1. The van der Waals surface area contributed by atoms with E-state index in [0.29, 0.717) is 29.0 Å². The molecule has 0 aliphatic heterocycles. The van der Waals surface area contributed by atoms with E-state index in [0.717, 1.165) is 0 Å². The lowest BCUT2D eigenvalue weighted by Gasteiger charge is -2.15. The summed E-state index contributed by atoms with van der Waals surface area (Å²) in [5.41, 5.74) is 1.30. The Morgan fingerprint density at radius 1 is 1.11 bits per heavy atom. The Morgan fingerprint density at radius 2 is 1.83 bits per heavy atom. The number of hydrogen-bond donors (Lipinski definition) is 1. The van der Waals surface area contributed by atoms with E-state index in [1.807, 2.05) is 6.07 Å². The molecule has 0 saturated carbocycles. The number of halogens is 2. The number of anilines is 1. The highest BCUT2D eigenvalue weighted by Crippen LogP contribution is 2.38. The van der Waals surface area contributed by atoms with Crippen LogP contribution in [0.15, 0.2) is 66.2 Å². The van der Waals surface area contributed by atoms with Crippen molar-refractivity contribution >= 4 is 35.2 Å². The largest absolute Gasteiger partial charge is 0.490 e. The molecule has 0 unspecified atom stereocenters. The summed E-state index contributed by atoms with van der Waals surface area (Å²) in [7, 11) is 1.27. The molecular formula is C27H22ClFN2O5. The zero-order chi connectivity index (χ0) is 26.1. The van der Waals surface area contributed by atoms with Crippen LogP contribution in [0.2, 0.25) is 5.02 Å². The molecule has 3 aromatic rings. The average molecular weight is 509 g/mol. The molecule has 0 spiro atoms. The predicted molar refractivity (Wildman–Crippen MR) is 133 cm³/mol. The normalized spacial score (nSPS) is 10.8. The molecule has 0 aliphatic rings. The van der Waals surface area contributed by atoms with Crippen LogP contribution in [-0.2, 0) is 16.1 Å². The summed E-state index contributed by atoms with van der Waals surface area (Å²) in [6.45, 7) is 2.01. The number of carbonyl (C=O) groups is 2. The van der Waals surface area contributed by atoms with Gasteiger partial charge >= 0.3 is 5.97 Å². The van der Waals surface area contributed by atoms with Gasteiger partial charge < -0.3 is 19.5 Å². The number of nitriles is 1. The first-order valence-corrected chi connectivity index (χ1v) is 11.2. The highest BCUT2D eigenvalue weighted by Gasteiger charge is 2.16.